The molecule has 2 heteroatoms. The highest BCUT2D eigenvalue weighted by Gasteiger charge is 2.36. The second-order valence-electron chi connectivity index (χ2n) is 20.5. The minimum Gasteiger partial charge on any atom is -0.311 e. The van der Waals surface area contributed by atoms with Crippen LogP contribution in [-0.4, -0.2) is 0 Å². The first-order valence-electron chi connectivity index (χ1n) is 26.7. The zero-order valence-corrected chi connectivity index (χ0v) is 43.3. The van der Waals surface area contributed by atoms with Crippen molar-refractivity contribution in [2.45, 2.75) is 19.3 Å². The lowest BCUT2D eigenvalue weighted by Gasteiger charge is -2.28. The van der Waals surface area contributed by atoms with Crippen LogP contribution in [0.25, 0.3) is 77.9 Å². The normalized spacial score (nSPS) is 12.1. The summed E-state index contributed by atoms with van der Waals surface area (Å²) in [5, 5.41) is 0. The van der Waals surface area contributed by atoms with Crippen molar-refractivity contribution in [1.82, 2.24) is 0 Å². The van der Waals surface area contributed by atoms with E-state index >= 15 is 0 Å². The Morgan fingerprint density at radius 1 is 0.195 bits per heavy atom. The molecule has 1 aliphatic rings. The van der Waals surface area contributed by atoms with Crippen LogP contribution in [0.15, 0.2) is 303 Å². The lowest BCUT2D eigenvalue weighted by molar-refractivity contribution is 0.660. The molecule has 2 nitrogen and oxygen atoms in total. The van der Waals surface area contributed by atoms with Crippen LogP contribution in [-0.2, 0) is 5.41 Å². The third kappa shape index (κ3) is 8.90. The summed E-state index contributed by atoms with van der Waals surface area (Å²) in [5.41, 5.74) is 26.0. The molecule has 0 N–H and O–H groups in total. The van der Waals surface area contributed by atoms with E-state index in [0.717, 1.165) is 45.3 Å². The highest BCUT2D eigenvalue weighted by Crippen LogP contribution is 2.51. The first kappa shape index (κ1) is 47.0. The van der Waals surface area contributed by atoms with Gasteiger partial charge in [0, 0.05) is 39.5 Å². The number of nitrogens with zero attached hydrogens (tertiary/aromatic N) is 2. The number of fused-ring (bicyclic) bond motifs is 3. The van der Waals surface area contributed by atoms with Crippen LogP contribution in [0, 0.1) is 0 Å². The zero-order chi connectivity index (χ0) is 51.7. The Balaban J connectivity index is 0.928. The summed E-state index contributed by atoms with van der Waals surface area (Å²) in [6, 6.07) is 110. The second kappa shape index (κ2) is 20.2. The number of para-hydroxylation sites is 2. The van der Waals surface area contributed by atoms with Gasteiger partial charge in [0.15, 0.2) is 0 Å². The van der Waals surface area contributed by atoms with Crippen LogP contribution in [0.1, 0.15) is 25.0 Å². The van der Waals surface area contributed by atoms with Crippen molar-refractivity contribution in [2.75, 3.05) is 9.80 Å². The van der Waals surface area contributed by atoms with Crippen molar-refractivity contribution in [3.05, 3.63) is 314 Å². The molecule has 0 bridgehead atoms. The van der Waals surface area contributed by atoms with Crippen LogP contribution in [0.5, 0.6) is 0 Å². The van der Waals surface area contributed by atoms with Gasteiger partial charge in [0.25, 0.3) is 0 Å². The van der Waals surface area contributed by atoms with E-state index in [-0.39, 0.29) is 5.41 Å². The summed E-state index contributed by atoms with van der Waals surface area (Å²) in [6.45, 7) is 4.72. The molecule has 0 atom stereocenters. The molecular formula is C75H56N2. The summed E-state index contributed by atoms with van der Waals surface area (Å²) >= 11 is 0. The number of hydrogen-bond acceptors (Lipinski definition) is 2. The molecule has 12 aromatic carbocycles. The lowest BCUT2D eigenvalue weighted by atomic mass is 9.82. The summed E-state index contributed by atoms with van der Waals surface area (Å²) in [7, 11) is 0. The highest BCUT2D eigenvalue weighted by atomic mass is 15.1. The third-order valence-electron chi connectivity index (χ3n) is 15.5. The quantitative estimate of drug-likeness (QED) is 0.120. The largest absolute Gasteiger partial charge is 0.311 e. The molecule has 1 aliphatic carbocycles. The lowest BCUT2D eigenvalue weighted by Crippen LogP contribution is -2.16. The minimum absolute atomic E-state index is 0.147. The van der Waals surface area contributed by atoms with Crippen molar-refractivity contribution < 1.29 is 0 Å². The van der Waals surface area contributed by atoms with E-state index in [2.05, 4.69) is 327 Å². The van der Waals surface area contributed by atoms with Crippen LogP contribution < -0.4 is 9.80 Å². The molecule has 0 aliphatic heterocycles. The van der Waals surface area contributed by atoms with E-state index < -0.39 is 0 Å². The number of hydrogen-bond donors (Lipinski definition) is 0. The van der Waals surface area contributed by atoms with Gasteiger partial charge >= 0.3 is 0 Å². The van der Waals surface area contributed by atoms with Gasteiger partial charge in [-0.1, -0.05) is 232 Å². The summed E-state index contributed by atoms with van der Waals surface area (Å²) in [5.74, 6) is 0. The van der Waals surface area contributed by atoms with Crippen molar-refractivity contribution in [3.8, 4) is 77.9 Å². The van der Waals surface area contributed by atoms with Crippen molar-refractivity contribution in [3.63, 3.8) is 0 Å². The van der Waals surface area contributed by atoms with E-state index in [1.807, 2.05) is 0 Å². The Hall–Kier alpha value is -9.76. The molecule has 0 radical (unpaired) electrons. The molecule has 0 unspecified atom stereocenters. The maximum Gasteiger partial charge on any atom is 0.0465 e. The van der Waals surface area contributed by atoms with Crippen LogP contribution >= 0.6 is 0 Å². The Labute approximate surface area is 453 Å². The van der Waals surface area contributed by atoms with Gasteiger partial charge in [0.05, 0.1) is 0 Å². The van der Waals surface area contributed by atoms with Gasteiger partial charge in [-0.3, -0.25) is 0 Å². The Morgan fingerprint density at radius 3 is 0.883 bits per heavy atom. The average molecular weight is 985 g/mol. The zero-order valence-electron chi connectivity index (χ0n) is 43.3. The molecule has 0 amide bonds. The minimum atomic E-state index is -0.147. The number of benzene rings is 12. The topological polar surface area (TPSA) is 6.48 Å². The fourth-order valence-corrected chi connectivity index (χ4v) is 11.6. The fourth-order valence-electron chi connectivity index (χ4n) is 11.6. The first-order chi connectivity index (χ1) is 38.0. The SMILES string of the molecule is CC1(C)c2ccccc2-c2ccc(N(c3ccc(-c4ccccc4-c4ccccc4)cc3)c3ccc(-c4cc(-c5ccccc5)c(-c5ccc(N(c6ccccc6)c6ccccc6)cc5)cc4-c4ccccc4)cc3)cc21. The van der Waals surface area contributed by atoms with Gasteiger partial charge in [-0.15, -0.1) is 0 Å². The molecule has 0 heterocycles. The Kier molecular flexibility index (Phi) is 12.3. The highest BCUT2D eigenvalue weighted by molar-refractivity contribution is 5.96. The van der Waals surface area contributed by atoms with Gasteiger partial charge in [-0.05, 0) is 174 Å². The maximum absolute atomic E-state index is 2.42. The van der Waals surface area contributed by atoms with Crippen LogP contribution in [0.2, 0.25) is 0 Å². The molecule has 0 saturated carbocycles. The molecule has 0 saturated heterocycles. The van der Waals surface area contributed by atoms with E-state index in [9.17, 15) is 0 Å². The van der Waals surface area contributed by atoms with Crippen LogP contribution in [0.4, 0.5) is 34.1 Å². The first-order valence-corrected chi connectivity index (χ1v) is 26.7. The number of anilines is 6. The van der Waals surface area contributed by atoms with E-state index in [1.54, 1.807) is 0 Å². The predicted molar refractivity (Wildman–Crippen MR) is 326 cm³/mol. The Morgan fingerprint density at radius 2 is 0.468 bits per heavy atom. The number of rotatable bonds is 12. The molecule has 366 valence electrons. The van der Waals surface area contributed by atoms with Crippen molar-refractivity contribution in [2.24, 2.45) is 0 Å². The van der Waals surface area contributed by atoms with E-state index in [0.29, 0.717) is 0 Å². The fraction of sp³-hybridized carbons (Fsp3) is 0.0400. The van der Waals surface area contributed by atoms with Gasteiger partial charge < -0.3 is 9.80 Å². The van der Waals surface area contributed by atoms with Gasteiger partial charge in [-0.25, -0.2) is 0 Å². The third-order valence-corrected chi connectivity index (χ3v) is 15.5. The van der Waals surface area contributed by atoms with E-state index in [1.165, 1.54) is 77.9 Å². The maximum atomic E-state index is 2.42. The molecule has 0 aromatic heterocycles. The average Bonchev–Trinajstić information content (AvgIpc) is 3.86. The summed E-state index contributed by atoms with van der Waals surface area (Å²) in [4.78, 5) is 4.74. The van der Waals surface area contributed by atoms with Crippen molar-refractivity contribution >= 4 is 34.1 Å². The molecule has 12 aromatic rings. The standard InChI is InChI=1S/C75H56N2/c1-75(2)73-35-21-20-34-67(73)68-49-48-64(50-74(68)75)77(62-42-36-56(37-43-62)66-33-19-18-32-65(66)53-22-8-3-9-23-53)63-46-40-58(41-47-63)72-52-69(54-24-10-4-11-25-54)71(51-70(72)55-26-12-5-13-27-55)57-38-44-61(45-39-57)76(59-28-14-6-15-29-59)60-30-16-7-17-31-60/h3-52H,1-2H3. The molecule has 0 fully saturated rings. The van der Waals surface area contributed by atoms with E-state index in [4.69, 9.17) is 0 Å². The molecule has 77 heavy (non-hydrogen) atoms. The van der Waals surface area contributed by atoms with Gasteiger partial charge in [-0.2, -0.15) is 0 Å². The monoisotopic (exact) mass is 984 g/mol. The second-order valence-corrected chi connectivity index (χ2v) is 20.5. The predicted octanol–water partition coefficient (Wildman–Crippen LogP) is 20.9. The molecular weight excluding hydrogens is 929 g/mol. The Bertz CT molecular complexity index is 3960. The summed E-state index contributed by atoms with van der Waals surface area (Å²) < 4.78 is 0. The smallest absolute Gasteiger partial charge is 0.0465 e. The van der Waals surface area contributed by atoms with Gasteiger partial charge in [0.2, 0.25) is 0 Å². The summed E-state index contributed by atoms with van der Waals surface area (Å²) in [6.07, 6.45) is 0. The van der Waals surface area contributed by atoms with Crippen molar-refractivity contribution in [1.29, 1.82) is 0 Å². The van der Waals surface area contributed by atoms with Gasteiger partial charge in [0.1, 0.15) is 0 Å². The van der Waals surface area contributed by atoms with Crippen LogP contribution in [0.3, 0.4) is 0 Å². The molecule has 0 spiro atoms. The molecule has 13 rings (SSSR count).